The molecule has 6 heteroatoms. The number of benzene rings is 1. The Kier molecular flexibility index (Phi) is 2.42. The highest BCUT2D eigenvalue weighted by Gasteiger charge is 2.30. The van der Waals surface area contributed by atoms with Crippen LogP contribution in [0, 0.1) is 6.92 Å². The van der Waals surface area contributed by atoms with Crippen molar-refractivity contribution in [2.24, 2.45) is 0 Å². The number of aliphatic carboxylic acids is 1. The number of hydrogen-bond donors (Lipinski definition) is 1. The van der Waals surface area contributed by atoms with E-state index in [1.54, 1.807) is 6.92 Å². The second-order valence-electron chi connectivity index (χ2n) is 5.31. The lowest BCUT2D eigenvalue weighted by atomic mass is 10.0. The maximum atomic E-state index is 11.3. The molecule has 1 aromatic carbocycles. The standard InChI is InChI=1S/C15H13N3O3/c1-8-16-14(17-21-8)9-2-3-12-10(6-9)7-13-11(15(19)20)4-5-18(12)13/h2-3,6-7,11H,4-5H2,1H3,(H,19,20)/t11-/m1/s1. The quantitative estimate of drug-likeness (QED) is 0.781. The number of carboxylic acid groups (broad SMARTS) is 1. The van der Waals surface area contributed by atoms with Crippen LogP contribution in [0.3, 0.4) is 0 Å². The minimum absolute atomic E-state index is 0.409. The molecule has 2 aromatic heterocycles. The summed E-state index contributed by atoms with van der Waals surface area (Å²) in [5, 5.41) is 14.2. The van der Waals surface area contributed by atoms with Gasteiger partial charge < -0.3 is 14.2 Å². The summed E-state index contributed by atoms with van der Waals surface area (Å²) in [6.45, 7) is 2.50. The number of aryl methyl sites for hydroxylation is 2. The zero-order valence-corrected chi connectivity index (χ0v) is 11.4. The Morgan fingerprint density at radius 3 is 3.00 bits per heavy atom. The fourth-order valence-electron chi connectivity index (χ4n) is 3.04. The Morgan fingerprint density at radius 1 is 1.43 bits per heavy atom. The Bertz CT molecular complexity index is 862. The van der Waals surface area contributed by atoms with Gasteiger partial charge in [0.15, 0.2) is 0 Å². The fourth-order valence-corrected chi connectivity index (χ4v) is 3.04. The van der Waals surface area contributed by atoms with Crippen molar-refractivity contribution < 1.29 is 14.4 Å². The third-order valence-electron chi connectivity index (χ3n) is 4.02. The smallest absolute Gasteiger partial charge is 0.312 e. The van der Waals surface area contributed by atoms with Gasteiger partial charge in [-0.3, -0.25) is 4.79 Å². The summed E-state index contributed by atoms with van der Waals surface area (Å²) in [6, 6.07) is 7.86. The maximum absolute atomic E-state index is 11.3. The predicted octanol–water partition coefficient (Wildman–Crippen LogP) is 2.57. The molecule has 0 fully saturated rings. The van der Waals surface area contributed by atoms with Gasteiger partial charge in [0.05, 0.1) is 5.92 Å². The first-order valence-electron chi connectivity index (χ1n) is 6.80. The Morgan fingerprint density at radius 2 is 2.29 bits per heavy atom. The molecule has 1 N–H and O–H groups in total. The van der Waals surface area contributed by atoms with E-state index in [0.29, 0.717) is 18.1 Å². The topological polar surface area (TPSA) is 81.2 Å². The van der Waals surface area contributed by atoms with Crippen molar-refractivity contribution in [2.75, 3.05) is 0 Å². The van der Waals surface area contributed by atoms with Gasteiger partial charge in [-0.2, -0.15) is 4.98 Å². The van der Waals surface area contributed by atoms with Gasteiger partial charge in [0.2, 0.25) is 11.7 Å². The highest BCUT2D eigenvalue weighted by atomic mass is 16.5. The zero-order valence-electron chi connectivity index (χ0n) is 11.4. The lowest BCUT2D eigenvalue weighted by Crippen LogP contribution is -2.07. The van der Waals surface area contributed by atoms with Crippen LogP contribution in [-0.2, 0) is 11.3 Å². The number of hydrogen-bond acceptors (Lipinski definition) is 4. The van der Waals surface area contributed by atoms with Gasteiger partial charge in [-0.25, -0.2) is 0 Å². The number of carbonyl (C=O) groups is 1. The molecule has 0 radical (unpaired) electrons. The van der Waals surface area contributed by atoms with E-state index >= 15 is 0 Å². The minimum atomic E-state index is -0.759. The summed E-state index contributed by atoms with van der Waals surface area (Å²) in [7, 11) is 0. The van der Waals surface area contributed by atoms with E-state index in [-0.39, 0.29) is 0 Å². The molecule has 4 rings (SSSR count). The van der Waals surface area contributed by atoms with Crippen LogP contribution in [0.25, 0.3) is 22.3 Å². The average Bonchev–Trinajstić information content (AvgIpc) is 3.11. The van der Waals surface area contributed by atoms with Crippen molar-refractivity contribution in [3.05, 3.63) is 35.9 Å². The number of nitrogens with zero attached hydrogens (tertiary/aromatic N) is 3. The number of rotatable bonds is 2. The third kappa shape index (κ3) is 1.75. The monoisotopic (exact) mass is 283 g/mol. The van der Waals surface area contributed by atoms with Crippen LogP contribution in [0.15, 0.2) is 28.8 Å². The molecule has 106 valence electrons. The van der Waals surface area contributed by atoms with Gasteiger partial charge in [-0.1, -0.05) is 5.16 Å². The third-order valence-corrected chi connectivity index (χ3v) is 4.02. The molecule has 0 aliphatic carbocycles. The Balaban J connectivity index is 1.85. The largest absolute Gasteiger partial charge is 0.481 e. The molecule has 0 spiro atoms. The highest BCUT2D eigenvalue weighted by molar-refractivity contribution is 5.88. The van der Waals surface area contributed by atoms with Gasteiger partial charge in [0, 0.05) is 35.6 Å². The van der Waals surface area contributed by atoms with Crippen LogP contribution in [0.4, 0.5) is 0 Å². The van der Waals surface area contributed by atoms with Crippen LogP contribution >= 0.6 is 0 Å². The van der Waals surface area contributed by atoms with E-state index < -0.39 is 11.9 Å². The highest BCUT2D eigenvalue weighted by Crippen LogP contribution is 2.35. The van der Waals surface area contributed by atoms with Crippen molar-refractivity contribution in [1.29, 1.82) is 0 Å². The summed E-state index contributed by atoms with van der Waals surface area (Å²) in [5.41, 5.74) is 2.80. The van der Waals surface area contributed by atoms with Crippen molar-refractivity contribution in [3.63, 3.8) is 0 Å². The molecule has 21 heavy (non-hydrogen) atoms. The molecule has 0 saturated carbocycles. The van der Waals surface area contributed by atoms with Crippen molar-refractivity contribution in [1.82, 2.24) is 14.7 Å². The molecule has 0 bridgehead atoms. The molecule has 3 heterocycles. The van der Waals surface area contributed by atoms with Crippen molar-refractivity contribution in [3.8, 4) is 11.4 Å². The molecule has 0 saturated heterocycles. The number of aromatic nitrogens is 3. The van der Waals surface area contributed by atoms with Gasteiger partial charge in [0.1, 0.15) is 0 Å². The van der Waals surface area contributed by atoms with E-state index in [2.05, 4.69) is 14.7 Å². The van der Waals surface area contributed by atoms with Gasteiger partial charge in [-0.05, 0) is 30.7 Å². The Hall–Kier alpha value is -2.63. The minimum Gasteiger partial charge on any atom is -0.481 e. The Labute approximate surface area is 120 Å². The molecule has 3 aromatic rings. The molecule has 1 aliphatic rings. The van der Waals surface area contributed by atoms with Crippen LogP contribution in [0.1, 0.15) is 23.9 Å². The first-order valence-corrected chi connectivity index (χ1v) is 6.80. The normalized spacial score (nSPS) is 17.3. The maximum Gasteiger partial charge on any atom is 0.312 e. The van der Waals surface area contributed by atoms with Crippen LogP contribution in [0.2, 0.25) is 0 Å². The van der Waals surface area contributed by atoms with Gasteiger partial charge >= 0.3 is 5.97 Å². The van der Waals surface area contributed by atoms with Crippen molar-refractivity contribution in [2.45, 2.75) is 25.8 Å². The molecule has 1 atom stereocenters. The van der Waals surface area contributed by atoms with E-state index in [0.717, 1.165) is 28.7 Å². The summed E-state index contributed by atoms with van der Waals surface area (Å²) in [6.07, 6.45) is 0.659. The summed E-state index contributed by atoms with van der Waals surface area (Å²) in [4.78, 5) is 15.5. The zero-order chi connectivity index (χ0) is 14.6. The average molecular weight is 283 g/mol. The van der Waals surface area contributed by atoms with E-state index in [1.807, 2.05) is 24.3 Å². The van der Waals surface area contributed by atoms with Gasteiger partial charge in [0.25, 0.3) is 0 Å². The summed E-state index contributed by atoms with van der Waals surface area (Å²) >= 11 is 0. The fraction of sp³-hybridized carbons (Fsp3) is 0.267. The lowest BCUT2D eigenvalue weighted by Gasteiger charge is -2.01. The molecule has 6 nitrogen and oxygen atoms in total. The second-order valence-corrected chi connectivity index (χ2v) is 5.31. The number of carboxylic acids is 1. The molecular formula is C15H13N3O3. The first kappa shape index (κ1) is 12.1. The second kappa shape index (κ2) is 4.18. The van der Waals surface area contributed by atoms with Crippen LogP contribution in [-0.4, -0.2) is 25.8 Å². The SMILES string of the molecule is Cc1nc(-c2ccc3c(c2)cc2n3CC[C@H]2C(=O)O)no1. The van der Waals surface area contributed by atoms with E-state index in [9.17, 15) is 9.90 Å². The molecule has 0 amide bonds. The lowest BCUT2D eigenvalue weighted by molar-refractivity contribution is -0.138. The van der Waals surface area contributed by atoms with Gasteiger partial charge in [-0.15, -0.1) is 0 Å². The molecule has 0 unspecified atom stereocenters. The van der Waals surface area contributed by atoms with Crippen LogP contribution < -0.4 is 0 Å². The first-order chi connectivity index (χ1) is 10.1. The number of fused-ring (bicyclic) bond motifs is 3. The summed E-state index contributed by atoms with van der Waals surface area (Å²) < 4.78 is 7.08. The predicted molar refractivity (Wildman–Crippen MR) is 75.0 cm³/mol. The molecule has 1 aliphatic heterocycles. The van der Waals surface area contributed by atoms with E-state index in [1.165, 1.54) is 0 Å². The van der Waals surface area contributed by atoms with Crippen LogP contribution in [0.5, 0.6) is 0 Å². The van der Waals surface area contributed by atoms with Crippen molar-refractivity contribution >= 4 is 16.9 Å². The van der Waals surface area contributed by atoms with E-state index in [4.69, 9.17) is 4.52 Å². The summed E-state index contributed by atoms with van der Waals surface area (Å²) in [5.74, 6) is -0.0928. The molecular weight excluding hydrogens is 270 g/mol.